The molecule has 2 N–H and O–H groups in total. The summed E-state index contributed by atoms with van der Waals surface area (Å²) in [5.74, 6) is 0.173. The summed E-state index contributed by atoms with van der Waals surface area (Å²) in [6.45, 7) is 0. The number of carbonyl (C=O) groups excluding carboxylic acids is 1. The molecule has 0 radical (unpaired) electrons. The maximum Gasteiger partial charge on any atom is 0.275 e. The molecule has 0 atom stereocenters. The fourth-order valence-corrected chi connectivity index (χ4v) is 2.74. The molecule has 1 aromatic carbocycles. The van der Waals surface area contributed by atoms with Crippen LogP contribution in [0.15, 0.2) is 52.6 Å². The predicted molar refractivity (Wildman–Crippen MR) is 89.5 cm³/mol. The molecule has 0 saturated heterocycles. The van der Waals surface area contributed by atoms with Crippen LogP contribution < -0.4 is 10.6 Å². The fraction of sp³-hybridized carbons (Fsp3) is 0. The van der Waals surface area contributed by atoms with E-state index in [2.05, 4.69) is 41.5 Å². The summed E-state index contributed by atoms with van der Waals surface area (Å²) in [6.07, 6.45) is 3.26. The van der Waals surface area contributed by atoms with Crippen molar-refractivity contribution < 1.29 is 4.79 Å². The zero-order valence-corrected chi connectivity index (χ0v) is 13.6. The van der Waals surface area contributed by atoms with Gasteiger partial charge in [0.05, 0.1) is 0 Å². The molecular weight excluding hydrogens is 366 g/mol. The molecule has 0 aliphatic carbocycles. The Morgan fingerprint density at radius 1 is 1.18 bits per heavy atom. The Morgan fingerprint density at radius 2 is 2.00 bits per heavy atom. The van der Waals surface area contributed by atoms with Gasteiger partial charge >= 0.3 is 0 Å². The highest BCUT2D eigenvalue weighted by molar-refractivity contribution is 9.10. The maximum absolute atomic E-state index is 12.1. The number of halogens is 1. The van der Waals surface area contributed by atoms with E-state index in [1.54, 1.807) is 23.8 Å². The summed E-state index contributed by atoms with van der Waals surface area (Å²) in [4.78, 5) is 24.5. The molecule has 6 nitrogen and oxygen atoms in total. The molecular formula is C14H10BrN5OS. The number of nitrogens with zero attached hydrogens (tertiary/aromatic N) is 3. The average Bonchev–Trinajstić information content (AvgIpc) is 2.97. The van der Waals surface area contributed by atoms with Crippen LogP contribution in [0.25, 0.3) is 0 Å². The number of aromatic nitrogens is 3. The standard InChI is InChI=1S/C14H10BrN5OS/c15-9-3-1-4-10(7-9)18-12(21)11-8-22-14(19-11)20-13-16-5-2-6-17-13/h1-8H,(H,18,21)(H,16,17,19,20). The zero-order valence-electron chi connectivity index (χ0n) is 11.2. The van der Waals surface area contributed by atoms with Crippen LogP contribution in [-0.2, 0) is 0 Å². The molecule has 0 aliphatic heterocycles. The first-order chi connectivity index (χ1) is 10.7. The van der Waals surface area contributed by atoms with Crippen molar-refractivity contribution in [2.75, 3.05) is 10.6 Å². The molecule has 0 aliphatic rings. The first kappa shape index (κ1) is 14.6. The van der Waals surface area contributed by atoms with Crippen molar-refractivity contribution >= 4 is 49.9 Å². The third-order valence-electron chi connectivity index (χ3n) is 2.60. The van der Waals surface area contributed by atoms with Crippen LogP contribution in [-0.4, -0.2) is 20.9 Å². The number of thiazole rings is 1. The lowest BCUT2D eigenvalue weighted by Gasteiger charge is -2.03. The predicted octanol–water partition coefficient (Wildman–Crippen LogP) is 3.69. The van der Waals surface area contributed by atoms with Gasteiger partial charge in [0.1, 0.15) is 5.69 Å². The second kappa shape index (κ2) is 6.63. The van der Waals surface area contributed by atoms with Crippen LogP contribution in [0.1, 0.15) is 10.5 Å². The molecule has 0 unspecified atom stereocenters. The molecule has 110 valence electrons. The van der Waals surface area contributed by atoms with Crippen LogP contribution in [0.3, 0.4) is 0 Å². The molecule has 0 spiro atoms. The number of rotatable bonds is 4. The third kappa shape index (κ3) is 3.66. The quantitative estimate of drug-likeness (QED) is 0.726. The lowest BCUT2D eigenvalue weighted by atomic mass is 10.3. The summed E-state index contributed by atoms with van der Waals surface area (Å²) >= 11 is 4.67. The smallest absolute Gasteiger partial charge is 0.275 e. The zero-order chi connectivity index (χ0) is 15.4. The van der Waals surface area contributed by atoms with Gasteiger partial charge in [-0.15, -0.1) is 11.3 Å². The number of hydrogen-bond acceptors (Lipinski definition) is 6. The Hall–Kier alpha value is -2.32. The molecule has 2 aromatic heterocycles. The van der Waals surface area contributed by atoms with E-state index in [-0.39, 0.29) is 5.91 Å². The van der Waals surface area contributed by atoms with Crippen molar-refractivity contribution in [2.45, 2.75) is 0 Å². The molecule has 0 bridgehead atoms. The molecule has 22 heavy (non-hydrogen) atoms. The number of nitrogens with one attached hydrogen (secondary N) is 2. The Labute approximate surface area is 138 Å². The lowest BCUT2D eigenvalue weighted by Crippen LogP contribution is -2.12. The lowest BCUT2D eigenvalue weighted by molar-refractivity contribution is 0.102. The minimum Gasteiger partial charge on any atom is -0.321 e. The van der Waals surface area contributed by atoms with Crippen molar-refractivity contribution in [1.82, 2.24) is 15.0 Å². The highest BCUT2D eigenvalue weighted by Crippen LogP contribution is 2.20. The van der Waals surface area contributed by atoms with Crippen LogP contribution in [0.5, 0.6) is 0 Å². The van der Waals surface area contributed by atoms with E-state index < -0.39 is 0 Å². The average molecular weight is 376 g/mol. The summed E-state index contributed by atoms with van der Waals surface area (Å²) in [7, 11) is 0. The van der Waals surface area contributed by atoms with Gasteiger partial charge in [-0.3, -0.25) is 4.79 Å². The summed E-state index contributed by atoms with van der Waals surface area (Å²) in [5, 5.41) is 7.98. The van der Waals surface area contributed by atoms with Gasteiger partial charge in [0.25, 0.3) is 5.91 Å². The van der Waals surface area contributed by atoms with Gasteiger partial charge < -0.3 is 10.6 Å². The van der Waals surface area contributed by atoms with Crippen molar-refractivity contribution in [3.8, 4) is 0 Å². The highest BCUT2D eigenvalue weighted by atomic mass is 79.9. The van der Waals surface area contributed by atoms with E-state index >= 15 is 0 Å². The minimum absolute atomic E-state index is 0.267. The van der Waals surface area contributed by atoms with E-state index in [0.29, 0.717) is 22.5 Å². The molecule has 8 heteroatoms. The van der Waals surface area contributed by atoms with Gasteiger partial charge in [-0.1, -0.05) is 22.0 Å². The Balaban J connectivity index is 1.69. The van der Waals surface area contributed by atoms with Crippen molar-refractivity contribution in [3.63, 3.8) is 0 Å². The third-order valence-corrected chi connectivity index (χ3v) is 3.85. The number of amides is 1. The summed E-state index contributed by atoms with van der Waals surface area (Å²) in [6, 6.07) is 9.10. The summed E-state index contributed by atoms with van der Waals surface area (Å²) in [5.41, 5.74) is 1.04. The Kier molecular flexibility index (Phi) is 4.40. The largest absolute Gasteiger partial charge is 0.321 e. The molecule has 3 aromatic rings. The minimum atomic E-state index is -0.267. The monoisotopic (exact) mass is 375 g/mol. The normalized spacial score (nSPS) is 10.2. The van der Waals surface area contributed by atoms with Gasteiger partial charge in [-0.2, -0.15) is 0 Å². The number of benzene rings is 1. The van der Waals surface area contributed by atoms with E-state index in [1.165, 1.54) is 11.3 Å². The van der Waals surface area contributed by atoms with Gasteiger partial charge in [0.15, 0.2) is 5.13 Å². The second-order valence-electron chi connectivity index (χ2n) is 4.20. The van der Waals surface area contributed by atoms with Gasteiger partial charge in [-0.05, 0) is 24.3 Å². The topological polar surface area (TPSA) is 79.8 Å². The van der Waals surface area contributed by atoms with E-state index in [0.717, 1.165) is 4.47 Å². The maximum atomic E-state index is 12.1. The van der Waals surface area contributed by atoms with Gasteiger partial charge in [0, 0.05) is 27.9 Å². The first-order valence-corrected chi connectivity index (χ1v) is 7.94. The van der Waals surface area contributed by atoms with Crippen molar-refractivity contribution in [3.05, 3.63) is 58.3 Å². The van der Waals surface area contributed by atoms with Gasteiger partial charge in [-0.25, -0.2) is 15.0 Å². The molecule has 0 saturated carbocycles. The first-order valence-electron chi connectivity index (χ1n) is 6.27. The number of anilines is 3. The summed E-state index contributed by atoms with van der Waals surface area (Å²) < 4.78 is 0.896. The Morgan fingerprint density at radius 3 is 2.77 bits per heavy atom. The number of carbonyl (C=O) groups is 1. The van der Waals surface area contributed by atoms with Crippen LogP contribution in [0.2, 0.25) is 0 Å². The molecule has 2 heterocycles. The molecule has 0 fully saturated rings. The van der Waals surface area contributed by atoms with Crippen LogP contribution in [0, 0.1) is 0 Å². The molecule has 3 rings (SSSR count). The fourth-order valence-electron chi connectivity index (χ4n) is 1.66. The molecule has 1 amide bonds. The number of hydrogen-bond donors (Lipinski definition) is 2. The SMILES string of the molecule is O=C(Nc1cccc(Br)c1)c1csc(Nc2ncccn2)n1. The van der Waals surface area contributed by atoms with Crippen molar-refractivity contribution in [1.29, 1.82) is 0 Å². The highest BCUT2D eigenvalue weighted by Gasteiger charge is 2.11. The van der Waals surface area contributed by atoms with Crippen molar-refractivity contribution in [2.24, 2.45) is 0 Å². The van der Waals surface area contributed by atoms with Crippen LogP contribution in [0.4, 0.5) is 16.8 Å². The van der Waals surface area contributed by atoms with Crippen LogP contribution >= 0.6 is 27.3 Å². The van der Waals surface area contributed by atoms with E-state index in [1.807, 2.05) is 24.3 Å². The van der Waals surface area contributed by atoms with Gasteiger partial charge in [0.2, 0.25) is 5.95 Å². The van der Waals surface area contributed by atoms with E-state index in [4.69, 9.17) is 0 Å². The van der Waals surface area contributed by atoms with E-state index in [9.17, 15) is 4.79 Å². The Bertz CT molecular complexity index is 793. The second-order valence-corrected chi connectivity index (χ2v) is 5.97.